The fourth-order valence-electron chi connectivity index (χ4n) is 1.81. The Labute approximate surface area is 102 Å². The van der Waals surface area contributed by atoms with E-state index in [2.05, 4.69) is 22.0 Å². The number of thiophene rings is 1. The molecule has 0 unspecified atom stereocenters. The van der Waals surface area contributed by atoms with Crippen LogP contribution in [0.25, 0.3) is 0 Å². The Morgan fingerprint density at radius 2 is 2.27 bits per heavy atom. The smallest absolute Gasteiger partial charge is 0.163 e. The molecule has 1 aromatic heterocycles. The summed E-state index contributed by atoms with van der Waals surface area (Å²) in [5.74, 6) is 0.309. The number of halogens is 1. The molecule has 1 aliphatic carbocycles. The second kappa shape index (κ2) is 5.08. The molecule has 3 heteroatoms. The second-order valence-electron chi connectivity index (χ2n) is 3.78. The minimum Gasteiger partial charge on any atom is -0.294 e. The first kappa shape index (κ1) is 11.1. The van der Waals surface area contributed by atoms with Crippen LogP contribution in [0.15, 0.2) is 27.6 Å². The fourth-order valence-corrected chi connectivity index (χ4v) is 3.29. The van der Waals surface area contributed by atoms with E-state index in [1.807, 2.05) is 12.1 Å². The third kappa shape index (κ3) is 3.02. The van der Waals surface area contributed by atoms with E-state index < -0.39 is 0 Å². The molecule has 1 heterocycles. The highest BCUT2D eigenvalue weighted by Crippen LogP contribution is 2.25. The van der Waals surface area contributed by atoms with Crippen molar-refractivity contribution in [2.75, 3.05) is 0 Å². The van der Waals surface area contributed by atoms with Crippen molar-refractivity contribution in [3.05, 3.63) is 32.4 Å². The van der Waals surface area contributed by atoms with E-state index in [0.717, 1.165) is 27.1 Å². The van der Waals surface area contributed by atoms with E-state index in [0.29, 0.717) is 12.2 Å². The molecule has 0 aliphatic heterocycles. The zero-order valence-electron chi connectivity index (χ0n) is 8.46. The minimum absolute atomic E-state index is 0.309. The number of rotatable bonds is 3. The Hall–Kier alpha value is -0.410. The van der Waals surface area contributed by atoms with Gasteiger partial charge < -0.3 is 0 Å². The summed E-state index contributed by atoms with van der Waals surface area (Å²) in [7, 11) is 0. The van der Waals surface area contributed by atoms with Gasteiger partial charge in [-0.25, -0.2) is 0 Å². The number of carbonyl (C=O) groups is 1. The maximum Gasteiger partial charge on any atom is 0.163 e. The molecule has 1 nitrogen and oxygen atoms in total. The lowest BCUT2D eigenvalue weighted by atomic mass is 9.95. The molecule has 80 valence electrons. The van der Waals surface area contributed by atoms with Crippen LogP contribution in [-0.2, 0) is 11.2 Å². The van der Waals surface area contributed by atoms with Gasteiger partial charge >= 0.3 is 0 Å². The van der Waals surface area contributed by atoms with E-state index in [9.17, 15) is 4.79 Å². The van der Waals surface area contributed by atoms with Crippen LogP contribution in [0, 0.1) is 0 Å². The van der Waals surface area contributed by atoms with Gasteiger partial charge in [-0.15, -0.1) is 11.3 Å². The first-order chi connectivity index (χ1) is 7.25. The maximum atomic E-state index is 11.9. The number of hydrogen-bond donors (Lipinski definition) is 0. The molecule has 1 aromatic rings. The monoisotopic (exact) mass is 284 g/mol. The van der Waals surface area contributed by atoms with Gasteiger partial charge in [0.15, 0.2) is 5.78 Å². The van der Waals surface area contributed by atoms with Crippen molar-refractivity contribution in [1.82, 2.24) is 0 Å². The Morgan fingerprint density at radius 3 is 2.87 bits per heavy atom. The van der Waals surface area contributed by atoms with Crippen LogP contribution in [0.5, 0.6) is 0 Å². The van der Waals surface area contributed by atoms with Crippen LogP contribution >= 0.6 is 27.3 Å². The van der Waals surface area contributed by atoms with Gasteiger partial charge in [0.25, 0.3) is 0 Å². The van der Waals surface area contributed by atoms with Crippen LogP contribution in [0.3, 0.4) is 0 Å². The van der Waals surface area contributed by atoms with Gasteiger partial charge in [-0.3, -0.25) is 4.79 Å². The second-order valence-corrected chi connectivity index (χ2v) is 6.33. The molecule has 0 aromatic carbocycles. The third-order valence-corrected chi connectivity index (χ3v) is 4.24. The Bertz CT molecular complexity index is 392. The summed E-state index contributed by atoms with van der Waals surface area (Å²) in [6, 6.07) is 4.03. The van der Waals surface area contributed by atoms with Crippen LogP contribution in [0.2, 0.25) is 0 Å². The predicted octanol–water partition coefficient (Wildman–Crippen LogP) is 4.12. The number of Topliss-reactive ketones (excluding diaryl/α,β-unsaturated/α-hetero) is 1. The van der Waals surface area contributed by atoms with Gasteiger partial charge in [0.05, 0.1) is 3.79 Å². The van der Waals surface area contributed by atoms with E-state index in [-0.39, 0.29) is 0 Å². The zero-order chi connectivity index (χ0) is 10.7. The summed E-state index contributed by atoms with van der Waals surface area (Å²) >= 11 is 5.06. The molecule has 0 saturated carbocycles. The van der Waals surface area contributed by atoms with Crippen molar-refractivity contribution in [3.63, 3.8) is 0 Å². The van der Waals surface area contributed by atoms with Crippen LogP contribution in [-0.4, -0.2) is 5.78 Å². The first-order valence-electron chi connectivity index (χ1n) is 5.22. The van der Waals surface area contributed by atoms with E-state index >= 15 is 0 Å². The standard InChI is InChI=1S/C12H13BrOS/c13-12-7-6-10(15-12)8-11(14)9-4-2-1-3-5-9/h4,6-7H,1-3,5,8H2. The average molecular weight is 285 g/mol. The molecule has 0 bridgehead atoms. The van der Waals surface area contributed by atoms with Gasteiger partial charge in [-0.2, -0.15) is 0 Å². The number of allylic oxidation sites excluding steroid dienone is 2. The number of carbonyl (C=O) groups excluding carboxylic acids is 1. The van der Waals surface area contributed by atoms with Crippen LogP contribution in [0.4, 0.5) is 0 Å². The maximum absolute atomic E-state index is 11.9. The SMILES string of the molecule is O=C(Cc1ccc(Br)s1)C1=CCCCC1. The van der Waals surface area contributed by atoms with Crippen molar-refractivity contribution in [1.29, 1.82) is 0 Å². The Balaban J connectivity index is 2.00. The van der Waals surface area contributed by atoms with Crippen molar-refractivity contribution in [2.24, 2.45) is 0 Å². The lowest BCUT2D eigenvalue weighted by Gasteiger charge is -2.10. The number of ketones is 1. The van der Waals surface area contributed by atoms with E-state index in [1.165, 1.54) is 12.8 Å². The lowest BCUT2D eigenvalue weighted by Crippen LogP contribution is -2.07. The molecule has 0 amide bonds. The summed E-state index contributed by atoms with van der Waals surface area (Å²) in [5, 5.41) is 0. The Kier molecular flexibility index (Phi) is 3.76. The highest BCUT2D eigenvalue weighted by atomic mass is 79.9. The predicted molar refractivity (Wildman–Crippen MR) is 67.3 cm³/mol. The van der Waals surface area contributed by atoms with Crippen LogP contribution < -0.4 is 0 Å². The van der Waals surface area contributed by atoms with Gasteiger partial charge in [0.2, 0.25) is 0 Å². The van der Waals surface area contributed by atoms with Crippen molar-refractivity contribution in [3.8, 4) is 0 Å². The van der Waals surface area contributed by atoms with Crippen molar-refractivity contribution in [2.45, 2.75) is 32.1 Å². The molecule has 1 aliphatic rings. The van der Waals surface area contributed by atoms with Gasteiger partial charge in [-0.05, 0) is 59.3 Å². The normalized spacial score (nSPS) is 16.2. The van der Waals surface area contributed by atoms with Crippen molar-refractivity contribution >= 4 is 33.0 Å². The molecular weight excluding hydrogens is 272 g/mol. The molecule has 15 heavy (non-hydrogen) atoms. The summed E-state index contributed by atoms with van der Waals surface area (Å²) in [4.78, 5) is 13.1. The first-order valence-corrected chi connectivity index (χ1v) is 6.83. The molecule has 2 rings (SSSR count). The minimum atomic E-state index is 0.309. The molecule has 0 N–H and O–H groups in total. The molecule has 0 spiro atoms. The molecular formula is C12H13BrOS. The Morgan fingerprint density at radius 1 is 1.40 bits per heavy atom. The lowest BCUT2D eigenvalue weighted by molar-refractivity contribution is -0.115. The largest absolute Gasteiger partial charge is 0.294 e. The summed E-state index contributed by atoms with van der Waals surface area (Å²) in [6.45, 7) is 0. The zero-order valence-corrected chi connectivity index (χ0v) is 10.9. The van der Waals surface area contributed by atoms with Crippen LogP contribution in [0.1, 0.15) is 30.6 Å². The summed E-state index contributed by atoms with van der Waals surface area (Å²) < 4.78 is 1.10. The highest BCUT2D eigenvalue weighted by molar-refractivity contribution is 9.11. The quantitative estimate of drug-likeness (QED) is 0.816. The van der Waals surface area contributed by atoms with Gasteiger partial charge in [0.1, 0.15) is 0 Å². The van der Waals surface area contributed by atoms with E-state index in [4.69, 9.17) is 0 Å². The third-order valence-electron chi connectivity index (χ3n) is 2.61. The molecule has 0 atom stereocenters. The van der Waals surface area contributed by atoms with Crippen molar-refractivity contribution < 1.29 is 4.79 Å². The van der Waals surface area contributed by atoms with E-state index in [1.54, 1.807) is 11.3 Å². The summed E-state index contributed by atoms with van der Waals surface area (Å²) in [5.41, 5.74) is 1.05. The topological polar surface area (TPSA) is 17.1 Å². The highest BCUT2D eigenvalue weighted by Gasteiger charge is 2.13. The van der Waals surface area contributed by atoms with Gasteiger partial charge in [0, 0.05) is 11.3 Å². The molecule has 0 saturated heterocycles. The molecule has 0 radical (unpaired) electrons. The summed E-state index contributed by atoms with van der Waals surface area (Å²) in [6.07, 6.45) is 7.16. The van der Waals surface area contributed by atoms with Gasteiger partial charge in [-0.1, -0.05) is 6.08 Å². The average Bonchev–Trinajstić information content (AvgIpc) is 2.65. The number of hydrogen-bond acceptors (Lipinski definition) is 2. The fraction of sp³-hybridized carbons (Fsp3) is 0.417. The molecule has 0 fully saturated rings.